The topological polar surface area (TPSA) is 130 Å². The molecule has 4 aromatic carbocycles. The van der Waals surface area contributed by atoms with Gasteiger partial charge in [-0.15, -0.1) is 0 Å². The number of carboxylic acids is 2. The van der Waals surface area contributed by atoms with Crippen LogP contribution in [0.3, 0.4) is 0 Å². The number of hydrogen-bond donors (Lipinski definition) is 4. The number of carboxylic acid groups (broad SMARTS) is 2. The third-order valence-corrected chi connectivity index (χ3v) is 6.03. The predicted octanol–water partition coefficient (Wildman–Crippen LogP) is 6.47. The molecule has 0 aliphatic heterocycles. The summed E-state index contributed by atoms with van der Waals surface area (Å²) < 4.78 is 1.94. The quantitative estimate of drug-likeness (QED) is 0.126. The summed E-state index contributed by atoms with van der Waals surface area (Å²) in [6.07, 6.45) is 0.416. The van der Waals surface area contributed by atoms with E-state index in [1.54, 1.807) is 24.3 Å². The predicted molar refractivity (Wildman–Crippen MR) is 161 cm³/mol. The molecule has 0 heterocycles. The molecule has 0 amide bonds. The number of rotatable bonds is 8. The Morgan fingerprint density at radius 2 is 1.26 bits per heavy atom. The van der Waals surface area contributed by atoms with Crippen molar-refractivity contribution in [3.8, 4) is 0 Å². The minimum Gasteiger partial charge on any atom is -0.480 e. The lowest BCUT2D eigenvalue weighted by Crippen LogP contribution is -2.31. The van der Waals surface area contributed by atoms with Crippen molar-refractivity contribution in [3.05, 3.63) is 129 Å². The first-order chi connectivity index (χ1) is 18.6. The van der Waals surface area contributed by atoms with Crippen molar-refractivity contribution in [1.29, 1.82) is 0 Å². The second kappa shape index (κ2) is 16.8. The Balaban J connectivity index is 0.000000227. The van der Waals surface area contributed by atoms with Crippen LogP contribution in [0, 0.1) is 0 Å². The van der Waals surface area contributed by atoms with Gasteiger partial charge in [-0.2, -0.15) is 0 Å². The molecule has 39 heavy (non-hydrogen) atoms. The average molecular weight is 656 g/mol. The molecule has 0 aliphatic carbocycles. The van der Waals surface area contributed by atoms with Crippen LogP contribution < -0.4 is 11.1 Å². The second-order valence-electron chi connectivity index (χ2n) is 8.18. The summed E-state index contributed by atoms with van der Waals surface area (Å²) >= 11 is 6.65. The molecule has 202 valence electrons. The van der Waals surface area contributed by atoms with Gasteiger partial charge in [-0.05, 0) is 47.5 Å². The van der Waals surface area contributed by atoms with E-state index in [-0.39, 0.29) is 6.42 Å². The van der Waals surface area contributed by atoms with Crippen molar-refractivity contribution in [2.45, 2.75) is 18.9 Å². The number of ketones is 1. The molecule has 7 nitrogen and oxygen atoms in total. The van der Waals surface area contributed by atoms with Crippen molar-refractivity contribution in [2.24, 2.45) is 0 Å². The molecule has 0 aliphatic rings. The summed E-state index contributed by atoms with van der Waals surface area (Å²) in [6, 6.07) is 32.8. The number of hydrogen-bond acceptors (Lipinski definition) is 5. The molecule has 0 aromatic heterocycles. The maximum absolute atomic E-state index is 11.3. The molecule has 4 aromatic rings. The zero-order valence-corrected chi connectivity index (χ0v) is 24.0. The van der Waals surface area contributed by atoms with E-state index in [4.69, 9.17) is 10.8 Å². The van der Waals surface area contributed by atoms with E-state index in [1.165, 1.54) is 0 Å². The van der Waals surface area contributed by atoms with Gasteiger partial charge in [-0.25, -0.2) is 9.59 Å². The summed E-state index contributed by atoms with van der Waals surface area (Å²) in [4.78, 5) is 32.2. The van der Waals surface area contributed by atoms with E-state index in [1.807, 2.05) is 84.9 Å². The van der Waals surface area contributed by atoms with Crippen LogP contribution in [0.25, 0.3) is 0 Å². The smallest absolute Gasteiger partial charge is 0.372 e. The largest absolute Gasteiger partial charge is 0.480 e. The van der Waals surface area contributed by atoms with Gasteiger partial charge in [0.25, 0.3) is 0 Å². The van der Waals surface area contributed by atoms with Crippen LogP contribution in [0.1, 0.15) is 11.1 Å². The third kappa shape index (κ3) is 12.9. The van der Waals surface area contributed by atoms with Gasteiger partial charge >= 0.3 is 11.9 Å². The number of anilines is 2. The van der Waals surface area contributed by atoms with Gasteiger partial charge in [-0.3, -0.25) is 4.79 Å². The fourth-order valence-electron chi connectivity index (χ4n) is 3.19. The fraction of sp³-hybridized carbons (Fsp3) is 0.100. The number of carbonyl (C=O) groups is 3. The monoisotopic (exact) mass is 654 g/mol. The fourth-order valence-corrected chi connectivity index (χ4v) is 4.01. The summed E-state index contributed by atoms with van der Waals surface area (Å²) in [7, 11) is 0. The molecular formula is C30H28Br2N2O5. The van der Waals surface area contributed by atoms with Crippen LogP contribution in [0.4, 0.5) is 11.4 Å². The number of nitrogens with one attached hydrogen (secondary N) is 1. The number of aliphatic carboxylic acids is 2. The van der Waals surface area contributed by atoms with Crippen molar-refractivity contribution >= 4 is 61.0 Å². The van der Waals surface area contributed by atoms with Crippen LogP contribution in [-0.2, 0) is 27.2 Å². The molecule has 0 spiro atoms. The molecule has 1 unspecified atom stereocenters. The number of Topliss-reactive ketones (excluding diaryl/α,β-unsaturated/α-hetero) is 1. The zero-order chi connectivity index (χ0) is 28.6. The minimum absolute atomic E-state index is 0.0316. The van der Waals surface area contributed by atoms with Crippen LogP contribution in [0.5, 0.6) is 0 Å². The lowest BCUT2D eigenvalue weighted by atomic mass is 10.1. The Morgan fingerprint density at radius 1 is 0.718 bits per heavy atom. The van der Waals surface area contributed by atoms with E-state index in [0.29, 0.717) is 6.42 Å². The number of halogens is 2. The number of benzene rings is 4. The Labute approximate surface area is 244 Å². The third-order valence-electron chi connectivity index (χ3n) is 5.04. The van der Waals surface area contributed by atoms with Crippen LogP contribution >= 0.6 is 31.9 Å². The molecule has 4 rings (SSSR count). The Bertz CT molecular complexity index is 1330. The van der Waals surface area contributed by atoms with Gasteiger partial charge in [0.2, 0.25) is 5.78 Å². The molecule has 0 saturated carbocycles. The van der Waals surface area contributed by atoms with E-state index in [0.717, 1.165) is 31.4 Å². The Kier molecular flexibility index (Phi) is 13.5. The molecule has 0 fully saturated rings. The molecule has 0 radical (unpaired) electrons. The Morgan fingerprint density at radius 3 is 1.72 bits per heavy atom. The lowest BCUT2D eigenvalue weighted by molar-refractivity contribution is -0.148. The molecule has 5 N–H and O–H groups in total. The average Bonchev–Trinajstić information content (AvgIpc) is 2.90. The maximum atomic E-state index is 11.3. The molecule has 9 heteroatoms. The SMILES string of the molecule is Nc1cccc(Br)c1.O=C(O)C(=O)Cc1ccccc1.O=C(O)C(Cc1ccccc1)Nc1cccc(Br)c1. The highest BCUT2D eigenvalue weighted by molar-refractivity contribution is 9.10. The second-order valence-corrected chi connectivity index (χ2v) is 10.0. The summed E-state index contributed by atoms with van der Waals surface area (Å²) in [6.45, 7) is 0. The number of nitrogen functional groups attached to an aromatic ring is 1. The van der Waals surface area contributed by atoms with E-state index < -0.39 is 23.8 Å². The summed E-state index contributed by atoms with van der Waals surface area (Å²) in [5, 5.41) is 20.6. The minimum atomic E-state index is -1.38. The lowest BCUT2D eigenvalue weighted by Gasteiger charge is -2.16. The van der Waals surface area contributed by atoms with Crippen LogP contribution in [0.15, 0.2) is 118 Å². The Hall–Kier alpha value is -3.95. The molecule has 0 saturated heterocycles. The molecule has 1 atom stereocenters. The van der Waals surface area contributed by atoms with Crippen LogP contribution in [-0.4, -0.2) is 34.0 Å². The normalized spacial score (nSPS) is 10.5. The maximum Gasteiger partial charge on any atom is 0.372 e. The van der Waals surface area contributed by atoms with Gasteiger partial charge < -0.3 is 21.3 Å². The number of carbonyl (C=O) groups excluding carboxylic acids is 1. The highest BCUT2D eigenvalue weighted by Crippen LogP contribution is 2.17. The first-order valence-electron chi connectivity index (χ1n) is 11.7. The van der Waals surface area contributed by atoms with Gasteiger partial charge in [0.15, 0.2) is 0 Å². The first-order valence-corrected chi connectivity index (χ1v) is 13.3. The van der Waals surface area contributed by atoms with Crippen molar-refractivity contribution in [3.63, 3.8) is 0 Å². The van der Waals surface area contributed by atoms with Crippen molar-refractivity contribution < 1.29 is 24.6 Å². The van der Waals surface area contributed by atoms with Gasteiger partial charge in [-0.1, -0.05) is 105 Å². The van der Waals surface area contributed by atoms with Gasteiger partial charge in [0.05, 0.1) is 0 Å². The molecular weight excluding hydrogens is 628 g/mol. The highest BCUT2D eigenvalue weighted by Gasteiger charge is 2.17. The zero-order valence-electron chi connectivity index (χ0n) is 20.8. The van der Waals surface area contributed by atoms with E-state index in [9.17, 15) is 19.5 Å². The molecule has 0 bridgehead atoms. The van der Waals surface area contributed by atoms with Gasteiger partial charge in [0, 0.05) is 33.2 Å². The summed E-state index contributed by atoms with van der Waals surface area (Å²) in [5.74, 6) is -3.01. The summed E-state index contributed by atoms with van der Waals surface area (Å²) in [5.41, 5.74) is 8.73. The van der Waals surface area contributed by atoms with Crippen molar-refractivity contribution in [2.75, 3.05) is 11.1 Å². The number of nitrogens with two attached hydrogens (primary N) is 1. The van der Waals surface area contributed by atoms with Gasteiger partial charge in [0.1, 0.15) is 6.04 Å². The first kappa shape index (κ1) is 31.3. The van der Waals surface area contributed by atoms with E-state index >= 15 is 0 Å². The standard InChI is InChI=1S/C15H14BrNO2.C9H8O3.C6H6BrN/c16-12-7-4-8-13(10-12)17-14(15(18)19)9-11-5-2-1-3-6-11;10-8(9(11)12)6-7-4-2-1-3-5-7;7-5-2-1-3-6(8)4-5/h1-8,10,14,17H,9H2,(H,18,19);1-5H,6H2,(H,11,12);1-4H,8H2. The highest BCUT2D eigenvalue weighted by atomic mass is 79.9. The van der Waals surface area contributed by atoms with Crippen molar-refractivity contribution in [1.82, 2.24) is 0 Å². The van der Waals surface area contributed by atoms with Crippen LogP contribution in [0.2, 0.25) is 0 Å². The van der Waals surface area contributed by atoms with E-state index in [2.05, 4.69) is 37.2 Å².